The molecule has 0 spiro atoms. The first-order valence-electron chi connectivity index (χ1n) is 6.34. The van der Waals surface area contributed by atoms with E-state index in [-0.39, 0.29) is 18.4 Å². The molecule has 0 aliphatic heterocycles. The first kappa shape index (κ1) is 16.9. The van der Waals surface area contributed by atoms with E-state index in [1.807, 2.05) is 0 Å². The van der Waals surface area contributed by atoms with Gasteiger partial charge in [-0.2, -0.15) is 0 Å². The summed E-state index contributed by atoms with van der Waals surface area (Å²) in [4.78, 5) is 11.5. The molecule has 1 rings (SSSR count). The minimum atomic E-state index is -0.542. The molecule has 4 nitrogen and oxygen atoms in total. The van der Waals surface area contributed by atoms with Crippen molar-refractivity contribution in [1.29, 1.82) is 0 Å². The molecule has 0 bridgehead atoms. The molecule has 0 heterocycles. The van der Waals surface area contributed by atoms with Crippen LogP contribution in [0.25, 0.3) is 0 Å². The van der Waals surface area contributed by atoms with Crippen molar-refractivity contribution in [3.05, 3.63) is 34.1 Å². The van der Waals surface area contributed by atoms with E-state index < -0.39 is 11.7 Å². The molecule has 1 unspecified atom stereocenters. The van der Waals surface area contributed by atoms with E-state index in [0.29, 0.717) is 10.9 Å². The van der Waals surface area contributed by atoms with E-state index in [9.17, 15) is 9.18 Å². The fourth-order valence-electron chi connectivity index (χ4n) is 1.59. The molecule has 112 valence electrons. The number of nitrogens with one attached hydrogen (secondary N) is 1. The maximum absolute atomic E-state index is 13.4. The second-order valence-corrected chi connectivity index (χ2v) is 6.35. The Labute approximate surface area is 127 Å². The second-order valence-electron chi connectivity index (χ2n) is 5.56. The van der Waals surface area contributed by atoms with Gasteiger partial charge in [-0.1, -0.05) is 12.1 Å². The molecule has 1 atom stereocenters. The standard InChI is InChI=1S/C14H20BrFN2O2/c1-14(2,3)20-13(19)18-8-10(17)7-9-5-4-6-11(16)12(9)15/h4-6,10H,7-8,17H2,1-3H3,(H,18,19). The monoisotopic (exact) mass is 346 g/mol. The quantitative estimate of drug-likeness (QED) is 0.880. The molecule has 1 aromatic carbocycles. The Bertz CT molecular complexity index is 475. The Morgan fingerprint density at radius 2 is 2.15 bits per heavy atom. The van der Waals surface area contributed by atoms with Crippen molar-refractivity contribution < 1.29 is 13.9 Å². The molecule has 0 aromatic heterocycles. The third-order valence-electron chi connectivity index (χ3n) is 2.42. The third-order valence-corrected chi connectivity index (χ3v) is 3.31. The summed E-state index contributed by atoms with van der Waals surface area (Å²) in [5, 5.41) is 2.60. The van der Waals surface area contributed by atoms with Crippen LogP contribution in [0.5, 0.6) is 0 Å². The Balaban J connectivity index is 2.46. The number of carbonyl (C=O) groups excluding carboxylic acids is 1. The average molecular weight is 347 g/mol. The molecule has 0 radical (unpaired) electrons. The fraction of sp³-hybridized carbons (Fsp3) is 0.500. The zero-order valence-electron chi connectivity index (χ0n) is 11.9. The summed E-state index contributed by atoms with van der Waals surface area (Å²) in [5.74, 6) is -0.324. The van der Waals surface area contributed by atoms with E-state index >= 15 is 0 Å². The molecule has 0 aliphatic rings. The van der Waals surface area contributed by atoms with Crippen molar-refractivity contribution in [2.24, 2.45) is 5.73 Å². The highest BCUT2D eigenvalue weighted by Gasteiger charge is 2.17. The van der Waals surface area contributed by atoms with Crippen LogP contribution in [0.1, 0.15) is 26.3 Å². The summed E-state index contributed by atoms with van der Waals surface area (Å²) in [7, 11) is 0. The van der Waals surface area contributed by atoms with Crippen molar-refractivity contribution in [3.8, 4) is 0 Å². The molecule has 1 amide bonds. The lowest BCUT2D eigenvalue weighted by molar-refractivity contribution is 0.0524. The predicted molar refractivity (Wildman–Crippen MR) is 80.0 cm³/mol. The first-order chi connectivity index (χ1) is 9.19. The van der Waals surface area contributed by atoms with Crippen molar-refractivity contribution in [2.45, 2.75) is 38.8 Å². The highest BCUT2D eigenvalue weighted by atomic mass is 79.9. The van der Waals surface area contributed by atoms with Gasteiger partial charge in [-0.25, -0.2) is 9.18 Å². The van der Waals surface area contributed by atoms with Crippen LogP contribution >= 0.6 is 15.9 Å². The highest BCUT2D eigenvalue weighted by molar-refractivity contribution is 9.10. The van der Waals surface area contributed by atoms with Crippen LogP contribution in [0.2, 0.25) is 0 Å². The van der Waals surface area contributed by atoms with E-state index in [1.165, 1.54) is 6.07 Å². The molecule has 20 heavy (non-hydrogen) atoms. The lowest BCUT2D eigenvalue weighted by Crippen LogP contribution is -2.41. The SMILES string of the molecule is CC(C)(C)OC(=O)NCC(N)Cc1cccc(F)c1Br. The van der Waals surface area contributed by atoms with Gasteiger partial charge in [0.2, 0.25) is 0 Å². The van der Waals surface area contributed by atoms with Gasteiger partial charge in [0.15, 0.2) is 0 Å². The fourth-order valence-corrected chi connectivity index (χ4v) is 2.02. The lowest BCUT2D eigenvalue weighted by Gasteiger charge is -2.21. The summed E-state index contributed by atoms with van der Waals surface area (Å²) >= 11 is 3.19. The van der Waals surface area contributed by atoms with Crippen LogP contribution in [0, 0.1) is 5.82 Å². The van der Waals surface area contributed by atoms with Crippen LogP contribution in [0.15, 0.2) is 22.7 Å². The summed E-state index contributed by atoms with van der Waals surface area (Å²) in [6.45, 7) is 5.63. The molecular weight excluding hydrogens is 327 g/mol. The van der Waals surface area contributed by atoms with Gasteiger partial charge in [-0.15, -0.1) is 0 Å². The average Bonchev–Trinajstić information content (AvgIpc) is 2.30. The largest absolute Gasteiger partial charge is 0.444 e. The summed E-state index contributed by atoms with van der Waals surface area (Å²) in [6.07, 6.45) is -0.0556. The third kappa shape index (κ3) is 5.88. The minimum absolute atomic E-state index is 0.262. The zero-order chi connectivity index (χ0) is 15.3. The van der Waals surface area contributed by atoms with Crippen molar-refractivity contribution in [1.82, 2.24) is 5.32 Å². The first-order valence-corrected chi connectivity index (χ1v) is 7.13. The molecule has 0 aliphatic carbocycles. The van der Waals surface area contributed by atoms with Gasteiger partial charge < -0.3 is 15.8 Å². The topological polar surface area (TPSA) is 64.3 Å². The van der Waals surface area contributed by atoms with Crippen LogP contribution in [-0.2, 0) is 11.2 Å². The molecule has 0 fully saturated rings. The summed E-state index contributed by atoms with van der Waals surface area (Å²) in [5.41, 5.74) is 6.15. The number of alkyl carbamates (subject to hydrolysis) is 1. The van der Waals surface area contributed by atoms with E-state index in [4.69, 9.17) is 10.5 Å². The van der Waals surface area contributed by atoms with Gasteiger partial charge in [-0.05, 0) is 54.8 Å². The van der Waals surface area contributed by atoms with Crippen molar-refractivity contribution >= 4 is 22.0 Å². The Morgan fingerprint density at radius 1 is 1.50 bits per heavy atom. The molecule has 1 aromatic rings. The van der Waals surface area contributed by atoms with Crippen LogP contribution in [0.4, 0.5) is 9.18 Å². The van der Waals surface area contributed by atoms with Crippen molar-refractivity contribution in [3.63, 3.8) is 0 Å². The number of ether oxygens (including phenoxy) is 1. The van der Waals surface area contributed by atoms with Gasteiger partial charge in [-0.3, -0.25) is 0 Å². The molecule has 3 N–H and O–H groups in total. The minimum Gasteiger partial charge on any atom is -0.444 e. The van der Waals surface area contributed by atoms with Gasteiger partial charge in [0.25, 0.3) is 0 Å². The number of amides is 1. The zero-order valence-corrected chi connectivity index (χ0v) is 13.5. The molecule has 6 heteroatoms. The number of carbonyl (C=O) groups is 1. The summed E-state index contributed by atoms with van der Waals surface area (Å²) < 4.78 is 18.9. The van der Waals surface area contributed by atoms with Crippen LogP contribution in [-0.4, -0.2) is 24.3 Å². The lowest BCUT2D eigenvalue weighted by atomic mass is 10.1. The molecule has 0 saturated heterocycles. The number of halogens is 2. The normalized spacial score (nSPS) is 12.9. The predicted octanol–water partition coefficient (Wildman–Crippen LogP) is 2.98. The van der Waals surface area contributed by atoms with E-state index in [2.05, 4.69) is 21.2 Å². The summed E-state index contributed by atoms with van der Waals surface area (Å²) in [6, 6.07) is 4.47. The molecular formula is C14H20BrFN2O2. The van der Waals surface area contributed by atoms with Crippen LogP contribution in [0.3, 0.4) is 0 Å². The smallest absolute Gasteiger partial charge is 0.407 e. The van der Waals surface area contributed by atoms with E-state index in [0.717, 1.165) is 5.56 Å². The van der Waals surface area contributed by atoms with Gasteiger partial charge in [0.1, 0.15) is 11.4 Å². The number of hydrogen-bond acceptors (Lipinski definition) is 3. The number of nitrogens with two attached hydrogens (primary N) is 1. The Morgan fingerprint density at radius 3 is 2.75 bits per heavy atom. The maximum Gasteiger partial charge on any atom is 0.407 e. The number of hydrogen-bond donors (Lipinski definition) is 2. The van der Waals surface area contributed by atoms with Gasteiger partial charge in [0.05, 0.1) is 4.47 Å². The van der Waals surface area contributed by atoms with Crippen LogP contribution < -0.4 is 11.1 Å². The van der Waals surface area contributed by atoms with E-state index in [1.54, 1.807) is 32.9 Å². The second kappa shape index (κ2) is 7.04. The Kier molecular flexibility index (Phi) is 5.95. The maximum atomic E-state index is 13.4. The highest BCUT2D eigenvalue weighted by Crippen LogP contribution is 2.21. The number of rotatable bonds is 4. The van der Waals surface area contributed by atoms with Gasteiger partial charge >= 0.3 is 6.09 Å². The number of benzene rings is 1. The van der Waals surface area contributed by atoms with Gasteiger partial charge in [0, 0.05) is 12.6 Å². The Hall–Kier alpha value is -1.14. The van der Waals surface area contributed by atoms with Crippen molar-refractivity contribution in [2.75, 3.05) is 6.54 Å². The molecule has 0 saturated carbocycles.